The summed E-state index contributed by atoms with van der Waals surface area (Å²) < 4.78 is 0. The van der Waals surface area contributed by atoms with Gasteiger partial charge in [-0.15, -0.1) is 23.1 Å². The third-order valence-electron chi connectivity index (χ3n) is 3.37. The average Bonchev–Trinajstić information content (AvgIpc) is 3.01. The van der Waals surface area contributed by atoms with Gasteiger partial charge in [-0.05, 0) is 42.4 Å². The molecule has 1 aromatic heterocycles. The molecule has 2 aromatic rings. The lowest BCUT2D eigenvalue weighted by atomic mass is 10.2. The highest BCUT2D eigenvalue weighted by Crippen LogP contribution is 2.22. The van der Waals surface area contributed by atoms with Crippen LogP contribution < -0.4 is 5.32 Å². The molecule has 0 radical (unpaired) electrons. The van der Waals surface area contributed by atoms with Crippen LogP contribution in [0.2, 0.25) is 0 Å². The molecule has 120 valence electrons. The van der Waals surface area contributed by atoms with E-state index < -0.39 is 0 Å². The predicted octanol–water partition coefficient (Wildman–Crippen LogP) is 3.80. The summed E-state index contributed by atoms with van der Waals surface area (Å²) in [6.07, 6.45) is 2.47. The fraction of sp³-hybridized carbons (Fsp3) is 0.294. The molecule has 4 nitrogen and oxygen atoms in total. The highest BCUT2D eigenvalue weighted by atomic mass is 32.2. The van der Waals surface area contributed by atoms with E-state index in [-0.39, 0.29) is 5.91 Å². The van der Waals surface area contributed by atoms with E-state index in [0.29, 0.717) is 23.5 Å². The van der Waals surface area contributed by atoms with Gasteiger partial charge in [-0.3, -0.25) is 4.79 Å². The van der Waals surface area contributed by atoms with E-state index in [1.807, 2.05) is 7.05 Å². The fourth-order valence-electron chi connectivity index (χ4n) is 2.10. The summed E-state index contributed by atoms with van der Waals surface area (Å²) in [7, 11) is 2.00. The molecule has 0 saturated heterocycles. The van der Waals surface area contributed by atoms with Crippen molar-refractivity contribution in [3.05, 3.63) is 46.8 Å². The van der Waals surface area contributed by atoms with Crippen LogP contribution in [0.25, 0.3) is 0 Å². The Labute approximate surface area is 145 Å². The van der Waals surface area contributed by atoms with Gasteiger partial charge < -0.3 is 10.2 Å². The third-order valence-corrected chi connectivity index (χ3v) is 4.94. The topological polar surface area (TPSA) is 56.1 Å². The zero-order valence-electron chi connectivity index (χ0n) is 13.2. The largest absolute Gasteiger partial charge is 0.317 e. The van der Waals surface area contributed by atoms with Crippen molar-refractivity contribution in [2.75, 3.05) is 25.2 Å². The number of thioether (sulfide) groups is 1. The molecule has 0 aliphatic heterocycles. The lowest BCUT2D eigenvalue weighted by Crippen LogP contribution is -2.24. The minimum absolute atomic E-state index is 0.0615. The van der Waals surface area contributed by atoms with Crippen molar-refractivity contribution in [3.63, 3.8) is 0 Å². The first-order chi connectivity index (χ1) is 11.1. The maximum Gasteiger partial charge on any atom is 0.226 e. The van der Waals surface area contributed by atoms with Gasteiger partial charge in [0, 0.05) is 24.4 Å². The normalized spacial score (nSPS) is 10.5. The molecule has 1 N–H and O–H groups in total. The standard InChI is InChI=1S/C17H19N3OS2/c1-20(12-13-3-5-15(22-2)6-4-13)9-7-16(21)19-17-14(11-18)8-10-23-17/h3-6,8,10H,7,9,12H2,1-2H3,(H,19,21). The summed E-state index contributed by atoms with van der Waals surface area (Å²) in [6.45, 7) is 1.48. The molecule has 0 bridgehead atoms. The minimum Gasteiger partial charge on any atom is -0.317 e. The maximum absolute atomic E-state index is 12.0. The molecule has 0 fully saturated rings. The highest BCUT2D eigenvalue weighted by molar-refractivity contribution is 7.98. The maximum atomic E-state index is 12.0. The van der Waals surface area contributed by atoms with E-state index in [2.05, 4.69) is 46.8 Å². The number of amides is 1. The molecule has 1 amide bonds. The Balaban J connectivity index is 1.78. The molecule has 1 heterocycles. The Morgan fingerprint density at radius 1 is 1.35 bits per heavy atom. The zero-order chi connectivity index (χ0) is 16.7. The first-order valence-electron chi connectivity index (χ1n) is 7.21. The number of rotatable bonds is 7. The number of nitrogens with one attached hydrogen (secondary N) is 1. The molecule has 0 aliphatic rings. The quantitative estimate of drug-likeness (QED) is 0.776. The lowest BCUT2D eigenvalue weighted by molar-refractivity contribution is -0.116. The van der Waals surface area contributed by atoms with Crippen LogP contribution >= 0.6 is 23.1 Å². The van der Waals surface area contributed by atoms with Crippen LogP contribution in [0.15, 0.2) is 40.6 Å². The monoisotopic (exact) mass is 345 g/mol. The van der Waals surface area contributed by atoms with Crippen LogP contribution in [0.5, 0.6) is 0 Å². The number of carbonyl (C=O) groups excluding carboxylic acids is 1. The van der Waals surface area contributed by atoms with Crippen LogP contribution in [-0.2, 0) is 11.3 Å². The zero-order valence-corrected chi connectivity index (χ0v) is 14.8. The average molecular weight is 345 g/mol. The number of anilines is 1. The number of thiophene rings is 1. The van der Waals surface area contributed by atoms with Gasteiger partial charge in [0.2, 0.25) is 5.91 Å². The minimum atomic E-state index is -0.0615. The second-order valence-corrected chi connectivity index (χ2v) is 6.96. The van der Waals surface area contributed by atoms with Crippen molar-refractivity contribution < 1.29 is 4.79 Å². The van der Waals surface area contributed by atoms with Gasteiger partial charge in [-0.25, -0.2) is 0 Å². The second-order valence-electron chi connectivity index (χ2n) is 5.16. The van der Waals surface area contributed by atoms with Crippen LogP contribution in [-0.4, -0.2) is 30.7 Å². The van der Waals surface area contributed by atoms with Gasteiger partial charge >= 0.3 is 0 Å². The molecule has 1 aromatic carbocycles. The Morgan fingerprint density at radius 3 is 2.74 bits per heavy atom. The van der Waals surface area contributed by atoms with Crippen molar-refractivity contribution in [1.82, 2.24) is 4.90 Å². The molecular formula is C17H19N3OS2. The number of benzene rings is 1. The number of hydrogen-bond donors (Lipinski definition) is 1. The first kappa shape index (κ1) is 17.5. The number of hydrogen-bond acceptors (Lipinski definition) is 5. The van der Waals surface area contributed by atoms with E-state index in [1.165, 1.54) is 21.8 Å². The van der Waals surface area contributed by atoms with E-state index in [4.69, 9.17) is 5.26 Å². The van der Waals surface area contributed by atoms with Crippen molar-refractivity contribution in [2.24, 2.45) is 0 Å². The van der Waals surface area contributed by atoms with Crippen LogP contribution in [0.4, 0.5) is 5.00 Å². The van der Waals surface area contributed by atoms with Crippen LogP contribution in [0, 0.1) is 11.3 Å². The summed E-state index contributed by atoms with van der Waals surface area (Å²) in [4.78, 5) is 15.3. The van der Waals surface area contributed by atoms with Gasteiger partial charge in [0.25, 0.3) is 0 Å². The predicted molar refractivity (Wildman–Crippen MR) is 96.8 cm³/mol. The second kappa shape index (κ2) is 8.73. The molecule has 2 rings (SSSR count). The first-order valence-corrected chi connectivity index (χ1v) is 9.31. The molecule has 23 heavy (non-hydrogen) atoms. The smallest absolute Gasteiger partial charge is 0.226 e. The van der Waals surface area contributed by atoms with Crippen molar-refractivity contribution in [3.8, 4) is 6.07 Å². The van der Waals surface area contributed by atoms with Gasteiger partial charge in [0.15, 0.2) is 0 Å². The summed E-state index contributed by atoms with van der Waals surface area (Å²) >= 11 is 3.10. The van der Waals surface area contributed by atoms with Gasteiger partial charge in [-0.2, -0.15) is 5.26 Å². The molecule has 0 saturated carbocycles. The van der Waals surface area contributed by atoms with E-state index in [1.54, 1.807) is 23.2 Å². The van der Waals surface area contributed by atoms with Gasteiger partial charge in [-0.1, -0.05) is 12.1 Å². The molecule has 6 heteroatoms. The van der Waals surface area contributed by atoms with Crippen molar-refractivity contribution in [2.45, 2.75) is 17.9 Å². The van der Waals surface area contributed by atoms with E-state index in [0.717, 1.165) is 6.54 Å². The summed E-state index contributed by atoms with van der Waals surface area (Å²) in [6, 6.07) is 12.2. The highest BCUT2D eigenvalue weighted by Gasteiger charge is 2.09. The van der Waals surface area contributed by atoms with E-state index in [9.17, 15) is 4.79 Å². The number of nitriles is 1. The third kappa shape index (κ3) is 5.39. The SMILES string of the molecule is CSc1ccc(CN(C)CCC(=O)Nc2sccc2C#N)cc1. The molecule has 0 unspecified atom stereocenters. The summed E-state index contributed by atoms with van der Waals surface area (Å²) in [5, 5.41) is 14.2. The lowest BCUT2D eigenvalue weighted by Gasteiger charge is -2.16. The van der Waals surface area contributed by atoms with Crippen molar-refractivity contribution >= 4 is 34.0 Å². The van der Waals surface area contributed by atoms with Crippen molar-refractivity contribution in [1.29, 1.82) is 5.26 Å². The fourth-order valence-corrected chi connectivity index (χ4v) is 3.26. The molecule has 0 spiro atoms. The number of carbonyl (C=O) groups is 1. The van der Waals surface area contributed by atoms with E-state index >= 15 is 0 Å². The van der Waals surface area contributed by atoms with Gasteiger partial charge in [0.1, 0.15) is 11.1 Å². The van der Waals surface area contributed by atoms with Gasteiger partial charge in [0.05, 0.1) is 5.56 Å². The Bertz CT molecular complexity index is 689. The Hall–Kier alpha value is -1.81. The Morgan fingerprint density at radius 2 is 2.09 bits per heavy atom. The van der Waals surface area contributed by atoms with Crippen LogP contribution in [0.3, 0.4) is 0 Å². The van der Waals surface area contributed by atoms with Crippen LogP contribution in [0.1, 0.15) is 17.5 Å². The molecule has 0 aliphatic carbocycles. The molecule has 0 atom stereocenters. The number of nitrogens with zero attached hydrogens (tertiary/aromatic N) is 2. The Kier molecular flexibility index (Phi) is 6.66. The summed E-state index contributed by atoms with van der Waals surface area (Å²) in [5.41, 5.74) is 1.75. The molecular weight excluding hydrogens is 326 g/mol. The summed E-state index contributed by atoms with van der Waals surface area (Å²) in [5.74, 6) is -0.0615.